The van der Waals surface area contributed by atoms with Crippen molar-refractivity contribution in [2.75, 3.05) is 16.8 Å². The summed E-state index contributed by atoms with van der Waals surface area (Å²) >= 11 is 5.80. The summed E-state index contributed by atoms with van der Waals surface area (Å²) < 4.78 is 0. The minimum Gasteiger partial charge on any atom is -0.397 e. The van der Waals surface area contributed by atoms with Gasteiger partial charge in [-0.1, -0.05) is 11.6 Å². The molecule has 0 radical (unpaired) electrons. The third-order valence-electron chi connectivity index (χ3n) is 2.22. The second-order valence-corrected chi connectivity index (χ2v) is 3.91. The number of nitrogen functional groups attached to an aromatic ring is 2. The zero-order valence-corrected chi connectivity index (χ0v) is 9.33. The minimum atomic E-state index is 0.568. The number of nitrogens with two attached hydrogens (primary N) is 2. The number of anilines is 4. The van der Waals surface area contributed by atoms with E-state index in [1.54, 1.807) is 12.1 Å². The van der Waals surface area contributed by atoms with Gasteiger partial charge in [0.2, 0.25) is 0 Å². The van der Waals surface area contributed by atoms with Crippen LogP contribution in [-0.2, 0) is 0 Å². The first kappa shape index (κ1) is 10.6. The lowest BCUT2D eigenvalue weighted by molar-refractivity contribution is 1.55. The van der Waals surface area contributed by atoms with Gasteiger partial charge in [-0.2, -0.15) is 0 Å². The van der Waals surface area contributed by atoms with Crippen LogP contribution in [0.4, 0.5) is 22.7 Å². The van der Waals surface area contributed by atoms with E-state index in [1.807, 2.05) is 30.3 Å². The average Bonchev–Trinajstić information content (AvgIpc) is 2.27. The fraction of sp³-hybridized carbons (Fsp3) is 0. The van der Waals surface area contributed by atoms with Gasteiger partial charge in [0.15, 0.2) is 0 Å². The summed E-state index contributed by atoms with van der Waals surface area (Å²) in [5, 5.41) is 3.92. The molecular formula is C12H12ClN3. The van der Waals surface area contributed by atoms with E-state index in [0.29, 0.717) is 16.4 Å². The quantitative estimate of drug-likeness (QED) is 0.698. The van der Waals surface area contributed by atoms with E-state index in [1.165, 1.54) is 0 Å². The molecule has 2 aromatic carbocycles. The molecule has 0 amide bonds. The van der Waals surface area contributed by atoms with E-state index >= 15 is 0 Å². The van der Waals surface area contributed by atoms with Crippen molar-refractivity contribution in [3.8, 4) is 0 Å². The molecule has 16 heavy (non-hydrogen) atoms. The van der Waals surface area contributed by atoms with Crippen molar-refractivity contribution in [1.29, 1.82) is 0 Å². The molecule has 0 fully saturated rings. The molecule has 0 unspecified atom stereocenters. The van der Waals surface area contributed by atoms with Gasteiger partial charge in [-0.3, -0.25) is 0 Å². The molecule has 0 aromatic heterocycles. The highest BCUT2D eigenvalue weighted by molar-refractivity contribution is 6.30. The van der Waals surface area contributed by atoms with Gasteiger partial charge in [-0.25, -0.2) is 0 Å². The van der Waals surface area contributed by atoms with E-state index < -0.39 is 0 Å². The van der Waals surface area contributed by atoms with Gasteiger partial charge in [-0.05, 0) is 42.5 Å². The van der Waals surface area contributed by atoms with E-state index in [0.717, 1.165) is 11.4 Å². The Kier molecular flexibility index (Phi) is 2.88. The molecule has 0 aliphatic heterocycles. The maximum absolute atomic E-state index is 5.80. The van der Waals surface area contributed by atoms with Gasteiger partial charge in [0.1, 0.15) is 0 Å². The van der Waals surface area contributed by atoms with Crippen LogP contribution in [0, 0.1) is 0 Å². The van der Waals surface area contributed by atoms with Crippen molar-refractivity contribution in [2.45, 2.75) is 0 Å². The molecule has 0 atom stereocenters. The summed E-state index contributed by atoms with van der Waals surface area (Å²) in [6.45, 7) is 0. The summed E-state index contributed by atoms with van der Waals surface area (Å²) in [6.07, 6.45) is 0. The molecule has 4 heteroatoms. The topological polar surface area (TPSA) is 64.1 Å². The third-order valence-corrected chi connectivity index (χ3v) is 2.47. The highest BCUT2D eigenvalue weighted by Crippen LogP contribution is 2.23. The Morgan fingerprint density at radius 2 is 1.44 bits per heavy atom. The first-order valence-corrected chi connectivity index (χ1v) is 5.20. The zero-order chi connectivity index (χ0) is 11.5. The van der Waals surface area contributed by atoms with Crippen LogP contribution in [-0.4, -0.2) is 0 Å². The maximum Gasteiger partial charge on any atom is 0.0568 e. The van der Waals surface area contributed by atoms with Gasteiger partial charge in [0, 0.05) is 16.4 Å². The summed E-state index contributed by atoms with van der Waals surface area (Å²) in [5.74, 6) is 0. The summed E-state index contributed by atoms with van der Waals surface area (Å²) in [4.78, 5) is 0. The highest BCUT2D eigenvalue weighted by atomic mass is 35.5. The van der Waals surface area contributed by atoms with Crippen LogP contribution < -0.4 is 16.8 Å². The molecule has 5 N–H and O–H groups in total. The van der Waals surface area contributed by atoms with E-state index in [-0.39, 0.29) is 0 Å². The van der Waals surface area contributed by atoms with Crippen molar-refractivity contribution in [2.24, 2.45) is 0 Å². The van der Waals surface area contributed by atoms with Crippen LogP contribution in [0.1, 0.15) is 0 Å². The number of benzene rings is 2. The average molecular weight is 234 g/mol. The van der Waals surface area contributed by atoms with Crippen LogP contribution in [0.15, 0.2) is 42.5 Å². The van der Waals surface area contributed by atoms with Crippen LogP contribution >= 0.6 is 11.6 Å². The summed E-state index contributed by atoms with van der Waals surface area (Å²) in [6, 6.07) is 12.9. The largest absolute Gasteiger partial charge is 0.397 e. The van der Waals surface area contributed by atoms with Crippen LogP contribution in [0.5, 0.6) is 0 Å². The number of hydrogen-bond acceptors (Lipinski definition) is 3. The molecular weight excluding hydrogens is 222 g/mol. The SMILES string of the molecule is Nc1ccc(Nc2ccc(Cl)cc2)cc1N. The minimum absolute atomic E-state index is 0.568. The zero-order valence-electron chi connectivity index (χ0n) is 8.57. The Labute approximate surface area is 99.0 Å². The summed E-state index contributed by atoms with van der Waals surface area (Å²) in [7, 11) is 0. The molecule has 0 saturated heterocycles. The molecule has 2 rings (SSSR count). The molecule has 82 valence electrons. The molecule has 0 spiro atoms. The Balaban J connectivity index is 2.20. The molecule has 0 bridgehead atoms. The lowest BCUT2D eigenvalue weighted by atomic mass is 10.2. The number of hydrogen-bond donors (Lipinski definition) is 3. The molecule has 2 aromatic rings. The van der Waals surface area contributed by atoms with Crippen molar-refractivity contribution in [3.63, 3.8) is 0 Å². The van der Waals surface area contributed by atoms with E-state index in [4.69, 9.17) is 23.1 Å². The Bertz CT molecular complexity index is 494. The predicted molar refractivity (Wildman–Crippen MR) is 70.0 cm³/mol. The van der Waals surface area contributed by atoms with Gasteiger partial charge < -0.3 is 16.8 Å². The predicted octanol–water partition coefficient (Wildman–Crippen LogP) is 3.25. The Morgan fingerprint density at radius 1 is 0.812 bits per heavy atom. The molecule has 0 aliphatic carbocycles. The van der Waals surface area contributed by atoms with Crippen molar-refractivity contribution in [3.05, 3.63) is 47.5 Å². The standard InChI is InChI=1S/C12H12ClN3/c13-8-1-3-9(4-2-8)16-10-5-6-11(14)12(15)7-10/h1-7,16H,14-15H2. The molecule has 0 heterocycles. The Hall–Kier alpha value is -1.87. The second kappa shape index (κ2) is 4.33. The maximum atomic E-state index is 5.80. The number of rotatable bonds is 2. The summed E-state index contributed by atoms with van der Waals surface area (Å²) in [5.41, 5.74) is 14.3. The number of halogens is 1. The molecule has 0 saturated carbocycles. The Morgan fingerprint density at radius 3 is 2.06 bits per heavy atom. The van der Waals surface area contributed by atoms with Crippen molar-refractivity contribution >= 4 is 34.4 Å². The van der Waals surface area contributed by atoms with E-state index in [9.17, 15) is 0 Å². The lowest BCUT2D eigenvalue weighted by Gasteiger charge is -2.08. The van der Waals surface area contributed by atoms with Crippen LogP contribution in [0.25, 0.3) is 0 Å². The first-order chi connectivity index (χ1) is 7.65. The fourth-order valence-electron chi connectivity index (χ4n) is 1.35. The fourth-order valence-corrected chi connectivity index (χ4v) is 1.48. The normalized spacial score (nSPS) is 10.1. The molecule has 0 aliphatic rings. The smallest absolute Gasteiger partial charge is 0.0568 e. The van der Waals surface area contributed by atoms with Gasteiger partial charge >= 0.3 is 0 Å². The van der Waals surface area contributed by atoms with Gasteiger partial charge in [-0.15, -0.1) is 0 Å². The highest BCUT2D eigenvalue weighted by Gasteiger charge is 1.98. The van der Waals surface area contributed by atoms with Crippen molar-refractivity contribution < 1.29 is 0 Å². The van der Waals surface area contributed by atoms with Crippen LogP contribution in [0.2, 0.25) is 5.02 Å². The second-order valence-electron chi connectivity index (χ2n) is 3.48. The first-order valence-electron chi connectivity index (χ1n) is 4.83. The number of nitrogens with one attached hydrogen (secondary N) is 1. The lowest BCUT2D eigenvalue weighted by Crippen LogP contribution is -1.96. The third kappa shape index (κ3) is 2.38. The van der Waals surface area contributed by atoms with Gasteiger partial charge in [0.25, 0.3) is 0 Å². The van der Waals surface area contributed by atoms with Gasteiger partial charge in [0.05, 0.1) is 11.4 Å². The van der Waals surface area contributed by atoms with Crippen LogP contribution in [0.3, 0.4) is 0 Å². The van der Waals surface area contributed by atoms with Crippen molar-refractivity contribution in [1.82, 2.24) is 0 Å². The monoisotopic (exact) mass is 233 g/mol. The van der Waals surface area contributed by atoms with E-state index in [2.05, 4.69) is 5.32 Å². The molecule has 3 nitrogen and oxygen atoms in total.